The topological polar surface area (TPSA) is 95.9 Å². The first-order chi connectivity index (χ1) is 14.4. The average molecular weight is 469 g/mol. The van der Waals surface area contributed by atoms with Gasteiger partial charge in [0.05, 0.1) is 23.0 Å². The molecule has 0 bridgehead atoms. The predicted octanol–water partition coefficient (Wildman–Crippen LogP) is 4.08. The smallest absolute Gasteiger partial charge is 0.312 e. The minimum absolute atomic E-state index is 0.100. The Bertz CT molecular complexity index is 948. The zero-order valence-corrected chi connectivity index (χ0v) is 19.2. The molecule has 0 spiro atoms. The second kappa shape index (κ2) is 8.45. The lowest BCUT2D eigenvalue weighted by Crippen LogP contribution is -2.60. The maximum Gasteiger partial charge on any atom is 0.312 e. The third-order valence-corrected chi connectivity index (χ3v) is 6.51. The van der Waals surface area contributed by atoms with Crippen LogP contribution in [0.5, 0.6) is 0 Å². The van der Waals surface area contributed by atoms with E-state index in [4.69, 9.17) is 27.9 Å². The summed E-state index contributed by atoms with van der Waals surface area (Å²) in [5, 5.41) is 12.9. The second-order valence-electron chi connectivity index (χ2n) is 8.95. The number of carboxylic acid groups (broad SMARTS) is 1. The van der Waals surface area contributed by atoms with E-state index in [1.807, 2.05) is 11.8 Å². The molecule has 2 N–H and O–H groups in total. The van der Waals surface area contributed by atoms with Crippen molar-refractivity contribution < 1.29 is 24.2 Å². The van der Waals surface area contributed by atoms with Crippen molar-refractivity contribution in [1.29, 1.82) is 0 Å². The Morgan fingerprint density at radius 3 is 2.65 bits per heavy atom. The van der Waals surface area contributed by atoms with Crippen LogP contribution in [0, 0.1) is 11.3 Å². The summed E-state index contributed by atoms with van der Waals surface area (Å²) >= 11 is 12.7. The summed E-state index contributed by atoms with van der Waals surface area (Å²) in [5.41, 5.74) is -1.06. The number of halogens is 2. The molecule has 2 aliphatic heterocycles. The molecule has 2 aliphatic rings. The van der Waals surface area contributed by atoms with E-state index in [9.17, 15) is 19.5 Å². The minimum atomic E-state index is -1.63. The number of carbonyl (C=O) groups is 3. The van der Waals surface area contributed by atoms with E-state index in [0.717, 1.165) is 6.42 Å². The summed E-state index contributed by atoms with van der Waals surface area (Å²) in [4.78, 5) is 40.6. The molecule has 9 heteroatoms. The average Bonchev–Trinajstić information content (AvgIpc) is 3.10. The highest BCUT2D eigenvalue weighted by Crippen LogP contribution is 2.54. The number of benzene rings is 1. The molecule has 3 rings (SSSR count). The number of hydrogen-bond donors (Lipinski definition) is 2. The molecule has 1 saturated heterocycles. The van der Waals surface area contributed by atoms with Crippen LogP contribution in [0.2, 0.25) is 10.0 Å². The Hall–Kier alpha value is -2.09. The highest BCUT2D eigenvalue weighted by molar-refractivity contribution is 6.38. The summed E-state index contributed by atoms with van der Waals surface area (Å²) in [6.45, 7) is 9.99. The summed E-state index contributed by atoms with van der Waals surface area (Å²) in [6, 6.07) is 2.96. The van der Waals surface area contributed by atoms with Gasteiger partial charge in [-0.3, -0.25) is 19.3 Å². The van der Waals surface area contributed by atoms with Crippen LogP contribution in [0.4, 0.5) is 5.69 Å². The summed E-state index contributed by atoms with van der Waals surface area (Å²) in [6.07, 6.45) is 1.55. The zero-order chi connectivity index (χ0) is 23.1. The van der Waals surface area contributed by atoms with Crippen LogP contribution in [-0.2, 0) is 24.7 Å². The molecule has 1 aromatic rings. The predicted molar refractivity (Wildman–Crippen MR) is 118 cm³/mol. The molecule has 1 aromatic carbocycles. The van der Waals surface area contributed by atoms with Crippen molar-refractivity contribution in [2.45, 2.75) is 45.2 Å². The van der Waals surface area contributed by atoms with Crippen molar-refractivity contribution in [2.75, 3.05) is 18.5 Å². The molecule has 31 heavy (non-hydrogen) atoms. The number of fused-ring (bicyclic) bond motifs is 1. The van der Waals surface area contributed by atoms with Crippen molar-refractivity contribution >= 4 is 46.7 Å². The molecular weight excluding hydrogens is 443 g/mol. The lowest BCUT2D eigenvalue weighted by atomic mass is 9.75. The number of nitrogens with one attached hydrogen (secondary N) is 1. The number of carboxylic acids is 1. The number of ether oxygens (including phenoxy) is 1. The van der Waals surface area contributed by atoms with Crippen LogP contribution >= 0.6 is 23.2 Å². The number of hydrogen-bond acceptors (Lipinski definition) is 5. The summed E-state index contributed by atoms with van der Waals surface area (Å²) < 4.78 is 5.27. The van der Waals surface area contributed by atoms with E-state index in [1.165, 1.54) is 12.1 Å². The van der Waals surface area contributed by atoms with Gasteiger partial charge in [-0.25, -0.2) is 0 Å². The van der Waals surface area contributed by atoms with Gasteiger partial charge in [-0.2, -0.15) is 0 Å². The number of nitrogens with zero attached hydrogens (tertiary/aromatic N) is 1. The van der Waals surface area contributed by atoms with E-state index in [2.05, 4.69) is 25.7 Å². The quantitative estimate of drug-likeness (QED) is 0.462. The van der Waals surface area contributed by atoms with Crippen LogP contribution in [0.3, 0.4) is 0 Å². The Labute approximate surface area is 191 Å². The van der Waals surface area contributed by atoms with Gasteiger partial charge in [0.1, 0.15) is 12.1 Å². The molecule has 0 aromatic heterocycles. The number of esters is 1. The third kappa shape index (κ3) is 4.06. The maximum atomic E-state index is 13.7. The molecule has 1 unspecified atom stereocenters. The second-order valence-corrected chi connectivity index (χ2v) is 9.79. The fourth-order valence-electron chi connectivity index (χ4n) is 5.05. The Balaban J connectivity index is 2.30. The molecule has 168 valence electrons. The highest BCUT2D eigenvalue weighted by atomic mass is 35.5. The Morgan fingerprint density at radius 2 is 2.10 bits per heavy atom. The number of anilines is 1. The highest BCUT2D eigenvalue weighted by Gasteiger charge is 2.63. The third-order valence-electron chi connectivity index (χ3n) is 5.99. The van der Waals surface area contributed by atoms with E-state index in [0.29, 0.717) is 17.8 Å². The standard InChI is InChI=1S/C22H26Cl2N2O5/c1-5-6-31-19(29)15(9-17(27)28)22(26-11-21(3,4)10-12(26)2)14-7-13(23)8-16(24)18(14)25-20(22)30/h5,7-8,12,15H,1,6,9-11H2,2-4H3,(H,25,30)(H,27,28)/t12-,15+,22?/m0/s1. The van der Waals surface area contributed by atoms with E-state index in [-0.39, 0.29) is 28.1 Å². The maximum absolute atomic E-state index is 13.7. The van der Waals surface area contributed by atoms with E-state index >= 15 is 0 Å². The van der Waals surface area contributed by atoms with Crippen molar-refractivity contribution in [3.05, 3.63) is 40.4 Å². The monoisotopic (exact) mass is 468 g/mol. The number of aliphatic carboxylic acids is 1. The van der Waals surface area contributed by atoms with Crippen LogP contribution in [-0.4, -0.2) is 47.0 Å². The van der Waals surface area contributed by atoms with Crippen molar-refractivity contribution in [3.8, 4) is 0 Å². The first-order valence-electron chi connectivity index (χ1n) is 10.0. The Kier molecular flexibility index (Phi) is 6.42. The van der Waals surface area contributed by atoms with Gasteiger partial charge < -0.3 is 15.2 Å². The van der Waals surface area contributed by atoms with E-state index < -0.39 is 35.7 Å². The van der Waals surface area contributed by atoms with Gasteiger partial charge in [0.25, 0.3) is 5.91 Å². The molecule has 1 fully saturated rings. The lowest BCUT2D eigenvalue weighted by molar-refractivity contribution is -0.163. The van der Waals surface area contributed by atoms with Crippen LogP contribution in [0.1, 0.15) is 39.2 Å². The Morgan fingerprint density at radius 1 is 1.42 bits per heavy atom. The SMILES string of the molecule is C=CCOC(=O)[C@@H](CC(=O)O)C1(N2CC(C)(C)C[C@@H]2C)C(=O)Nc2c(Cl)cc(Cl)cc21. The minimum Gasteiger partial charge on any atom is -0.481 e. The molecule has 0 aliphatic carbocycles. The van der Waals surface area contributed by atoms with Gasteiger partial charge in [-0.05, 0) is 30.9 Å². The molecule has 0 radical (unpaired) electrons. The normalized spacial score (nSPS) is 25.6. The zero-order valence-electron chi connectivity index (χ0n) is 17.7. The van der Waals surface area contributed by atoms with Gasteiger partial charge in [-0.1, -0.05) is 49.7 Å². The lowest BCUT2D eigenvalue weighted by Gasteiger charge is -2.44. The summed E-state index contributed by atoms with van der Waals surface area (Å²) in [7, 11) is 0. The molecule has 7 nitrogen and oxygen atoms in total. The number of likely N-dealkylation sites (tertiary alicyclic amines) is 1. The van der Waals surface area contributed by atoms with Crippen LogP contribution in [0.25, 0.3) is 0 Å². The van der Waals surface area contributed by atoms with Gasteiger partial charge in [0.15, 0.2) is 0 Å². The molecule has 0 saturated carbocycles. The largest absolute Gasteiger partial charge is 0.481 e. The van der Waals surface area contributed by atoms with E-state index in [1.54, 1.807) is 6.07 Å². The van der Waals surface area contributed by atoms with Crippen molar-refractivity contribution in [3.63, 3.8) is 0 Å². The van der Waals surface area contributed by atoms with Gasteiger partial charge in [-0.15, -0.1) is 0 Å². The number of rotatable bonds is 7. The summed E-state index contributed by atoms with van der Waals surface area (Å²) in [5.74, 6) is -3.85. The number of amides is 1. The fraction of sp³-hybridized carbons (Fsp3) is 0.500. The fourth-order valence-corrected chi connectivity index (χ4v) is 5.59. The van der Waals surface area contributed by atoms with Gasteiger partial charge >= 0.3 is 11.9 Å². The first kappa shape index (κ1) is 23.6. The molecule has 1 amide bonds. The molecule has 2 heterocycles. The molecular formula is C22H26Cl2N2O5. The van der Waals surface area contributed by atoms with Crippen LogP contribution < -0.4 is 5.32 Å². The number of carbonyl (C=O) groups excluding carboxylic acids is 2. The van der Waals surface area contributed by atoms with Crippen molar-refractivity contribution in [1.82, 2.24) is 4.90 Å². The van der Waals surface area contributed by atoms with Crippen molar-refractivity contribution in [2.24, 2.45) is 11.3 Å². The van der Waals surface area contributed by atoms with Crippen LogP contribution in [0.15, 0.2) is 24.8 Å². The molecule has 3 atom stereocenters. The van der Waals surface area contributed by atoms with Gasteiger partial charge in [0, 0.05) is 23.2 Å². The first-order valence-corrected chi connectivity index (χ1v) is 10.8. The van der Waals surface area contributed by atoms with Gasteiger partial charge in [0.2, 0.25) is 0 Å².